The van der Waals surface area contributed by atoms with Crippen molar-refractivity contribution in [2.24, 2.45) is 4.99 Å². The molecule has 3 N–H and O–H groups in total. The molecular weight excluding hydrogens is 502 g/mol. The minimum Gasteiger partial charge on any atom is -0.506 e. The number of phenolic OH excluding ortho intramolecular Hbond substituents is 2. The first-order chi connectivity index (χ1) is 14.0. The van der Waals surface area contributed by atoms with Crippen molar-refractivity contribution in [3.63, 3.8) is 0 Å². The number of methoxy groups -OCH3 is 1. The van der Waals surface area contributed by atoms with E-state index in [1.54, 1.807) is 13.2 Å². The molecule has 1 heterocycles. The minimum atomic E-state index is -0.0891. The number of rotatable bonds is 4. The summed E-state index contributed by atoms with van der Waals surface area (Å²) in [5, 5.41) is 20.0. The first kappa shape index (κ1) is 19.5. The average Bonchev–Trinajstić information content (AvgIpc) is 3.17. The van der Waals surface area contributed by atoms with Gasteiger partial charge < -0.3 is 19.9 Å². The van der Waals surface area contributed by atoms with E-state index in [-0.39, 0.29) is 16.0 Å². The third-order valence-electron chi connectivity index (χ3n) is 4.38. The Morgan fingerprint density at radius 2 is 1.86 bits per heavy atom. The number of nitrogens with one attached hydrogen (secondary N) is 1. The summed E-state index contributed by atoms with van der Waals surface area (Å²) in [6, 6.07) is 14.9. The average molecular weight is 517 g/mol. The van der Waals surface area contributed by atoms with Gasteiger partial charge in [-0.25, -0.2) is 4.98 Å². The van der Waals surface area contributed by atoms with Gasteiger partial charge in [-0.3, -0.25) is 4.99 Å². The van der Waals surface area contributed by atoms with Gasteiger partial charge in [0.05, 0.1) is 33.9 Å². The summed E-state index contributed by atoms with van der Waals surface area (Å²) < 4.78 is 6.07. The van der Waals surface area contributed by atoms with Gasteiger partial charge in [-0.1, -0.05) is 12.1 Å². The second kappa shape index (κ2) is 7.88. The van der Waals surface area contributed by atoms with Crippen LogP contribution < -0.4 is 4.74 Å². The molecule has 29 heavy (non-hydrogen) atoms. The number of hydrogen-bond donors (Lipinski definition) is 3. The zero-order valence-corrected chi connectivity index (χ0v) is 18.3. The zero-order chi connectivity index (χ0) is 20.5. The highest BCUT2D eigenvalue weighted by Gasteiger charge is 2.13. The number of benzene rings is 3. The largest absolute Gasteiger partial charge is 0.506 e. The highest BCUT2D eigenvalue weighted by Crippen LogP contribution is 2.40. The summed E-state index contributed by atoms with van der Waals surface area (Å²) >= 11 is 6.41. The molecule has 0 aliphatic heterocycles. The number of aromatic hydroxyl groups is 2. The van der Waals surface area contributed by atoms with Crippen LogP contribution in [0.4, 0.5) is 5.69 Å². The molecule has 0 saturated carbocycles. The van der Waals surface area contributed by atoms with Crippen molar-refractivity contribution < 1.29 is 14.9 Å². The van der Waals surface area contributed by atoms with Crippen LogP contribution in [0.25, 0.3) is 22.4 Å². The Bertz CT molecular complexity index is 1250. The molecular formula is C21H15Br2N3O3. The fourth-order valence-corrected chi connectivity index (χ4v) is 4.06. The molecule has 4 rings (SSSR count). The van der Waals surface area contributed by atoms with Gasteiger partial charge in [0, 0.05) is 11.8 Å². The number of H-pyrrole nitrogens is 1. The molecule has 6 nitrogen and oxygen atoms in total. The van der Waals surface area contributed by atoms with Crippen molar-refractivity contribution in [1.82, 2.24) is 9.97 Å². The third kappa shape index (κ3) is 3.73. The van der Waals surface area contributed by atoms with Crippen molar-refractivity contribution in [3.8, 4) is 28.6 Å². The van der Waals surface area contributed by atoms with Crippen LogP contribution >= 0.6 is 31.9 Å². The normalized spacial score (nSPS) is 11.4. The predicted octanol–water partition coefficient (Wildman–Crippen LogP) is 5.93. The van der Waals surface area contributed by atoms with Gasteiger partial charge in [0.1, 0.15) is 27.5 Å². The van der Waals surface area contributed by atoms with E-state index in [9.17, 15) is 10.2 Å². The van der Waals surface area contributed by atoms with E-state index in [0.717, 1.165) is 22.3 Å². The lowest BCUT2D eigenvalue weighted by atomic mass is 10.2. The van der Waals surface area contributed by atoms with Crippen LogP contribution in [0.15, 0.2) is 62.5 Å². The number of ether oxygens (including phenoxy) is 1. The Balaban J connectivity index is 1.69. The van der Waals surface area contributed by atoms with E-state index in [1.807, 2.05) is 42.5 Å². The first-order valence-corrected chi connectivity index (χ1v) is 10.1. The molecule has 0 saturated heterocycles. The Morgan fingerprint density at radius 1 is 1.07 bits per heavy atom. The van der Waals surface area contributed by atoms with Crippen LogP contribution in [-0.2, 0) is 0 Å². The number of aliphatic imine (C=N–C) groups is 1. The highest BCUT2D eigenvalue weighted by molar-refractivity contribution is 9.11. The summed E-state index contributed by atoms with van der Waals surface area (Å²) in [6.07, 6.45) is 1.53. The molecule has 0 bridgehead atoms. The number of fused-ring (bicyclic) bond motifs is 1. The molecule has 3 aromatic carbocycles. The van der Waals surface area contributed by atoms with Crippen molar-refractivity contribution in [3.05, 3.63) is 63.0 Å². The maximum atomic E-state index is 10.2. The molecule has 0 unspecified atom stereocenters. The van der Waals surface area contributed by atoms with Crippen molar-refractivity contribution >= 4 is 54.8 Å². The first-order valence-electron chi connectivity index (χ1n) is 8.55. The molecule has 0 aliphatic carbocycles. The molecule has 1 aromatic heterocycles. The molecule has 4 aromatic rings. The van der Waals surface area contributed by atoms with Crippen LogP contribution in [0, 0.1) is 0 Å². The van der Waals surface area contributed by atoms with E-state index in [0.29, 0.717) is 21.5 Å². The molecule has 146 valence electrons. The van der Waals surface area contributed by atoms with E-state index < -0.39 is 0 Å². The maximum Gasteiger partial charge on any atom is 0.147 e. The lowest BCUT2D eigenvalue weighted by Gasteiger charge is -2.06. The molecule has 0 spiro atoms. The number of imidazole rings is 1. The van der Waals surface area contributed by atoms with Gasteiger partial charge in [-0.15, -0.1) is 0 Å². The number of aromatic amines is 1. The monoisotopic (exact) mass is 515 g/mol. The van der Waals surface area contributed by atoms with Gasteiger partial charge in [-0.2, -0.15) is 0 Å². The minimum absolute atomic E-state index is 0.0681. The molecule has 0 radical (unpaired) electrons. The van der Waals surface area contributed by atoms with E-state index >= 15 is 0 Å². The fourth-order valence-electron chi connectivity index (χ4n) is 2.90. The summed E-state index contributed by atoms with van der Waals surface area (Å²) in [6.45, 7) is 0. The molecule has 0 fully saturated rings. The number of nitrogens with zero attached hydrogens (tertiary/aromatic N) is 2. The van der Waals surface area contributed by atoms with Crippen LogP contribution in [0.5, 0.6) is 17.2 Å². The Kier molecular flexibility index (Phi) is 5.29. The number of aromatic nitrogens is 2. The standard InChI is InChI=1S/C21H15Br2N3O3/c1-29-17-5-3-2-4-13(17)21-25-15-7-6-12(9-16(15)26-21)24-10-11-8-14(22)20(28)18(23)19(11)27/h2-10,27-28H,1H3,(H,25,26)/b24-10+. The third-order valence-corrected chi connectivity index (χ3v) is 5.73. The summed E-state index contributed by atoms with van der Waals surface area (Å²) in [5.74, 6) is 1.29. The van der Waals surface area contributed by atoms with Gasteiger partial charge in [0.15, 0.2) is 0 Å². The van der Waals surface area contributed by atoms with Crippen LogP contribution in [0.1, 0.15) is 5.56 Å². The summed E-state index contributed by atoms with van der Waals surface area (Å²) in [4.78, 5) is 12.4. The van der Waals surface area contributed by atoms with Crippen molar-refractivity contribution in [2.45, 2.75) is 0 Å². The smallest absolute Gasteiger partial charge is 0.147 e. The molecule has 0 aliphatic rings. The second-order valence-electron chi connectivity index (χ2n) is 6.20. The Morgan fingerprint density at radius 3 is 2.66 bits per heavy atom. The van der Waals surface area contributed by atoms with E-state index in [1.165, 1.54) is 6.21 Å². The van der Waals surface area contributed by atoms with Crippen molar-refractivity contribution in [1.29, 1.82) is 0 Å². The van der Waals surface area contributed by atoms with E-state index in [4.69, 9.17) is 4.74 Å². The maximum absolute atomic E-state index is 10.2. The SMILES string of the molecule is COc1ccccc1-c1nc2cc(/N=C/c3cc(Br)c(O)c(Br)c3O)ccc2[nH]1. The lowest BCUT2D eigenvalue weighted by molar-refractivity contribution is 0.416. The highest BCUT2D eigenvalue weighted by atomic mass is 79.9. The lowest BCUT2D eigenvalue weighted by Crippen LogP contribution is -1.88. The number of para-hydroxylation sites is 1. The second-order valence-corrected chi connectivity index (χ2v) is 7.85. The van der Waals surface area contributed by atoms with Gasteiger partial charge in [-0.05, 0) is 68.3 Å². The van der Waals surface area contributed by atoms with Crippen LogP contribution in [0.3, 0.4) is 0 Å². The zero-order valence-electron chi connectivity index (χ0n) is 15.1. The topological polar surface area (TPSA) is 90.7 Å². The summed E-state index contributed by atoms with van der Waals surface area (Å²) in [7, 11) is 1.63. The van der Waals surface area contributed by atoms with Crippen LogP contribution in [-0.4, -0.2) is 33.5 Å². The van der Waals surface area contributed by atoms with Gasteiger partial charge in [0.2, 0.25) is 0 Å². The number of phenols is 2. The molecule has 0 amide bonds. The number of hydrogen-bond acceptors (Lipinski definition) is 5. The van der Waals surface area contributed by atoms with Crippen LogP contribution in [0.2, 0.25) is 0 Å². The fraction of sp³-hybridized carbons (Fsp3) is 0.0476. The van der Waals surface area contributed by atoms with Gasteiger partial charge >= 0.3 is 0 Å². The number of halogens is 2. The summed E-state index contributed by atoms with van der Waals surface area (Å²) in [5.41, 5.74) is 3.65. The quantitative estimate of drug-likeness (QED) is 0.293. The van der Waals surface area contributed by atoms with Crippen molar-refractivity contribution in [2.75, 3.05) is 7.11 Å². The Labute approximate surface area is 183 Å². The van der Waals surface area contributed by atoms with E-state index in [2.05, 4.69) is 46.8 Å². The van der Waals surface area contributed by atoms with Gasteiger partial charge in [0.25, 0.3) is 0 Å². The predicted molar refractivity (Wildman–Crippen MR) is 121 cm³/mol. The molecule has 0 atom stereocenters. The Hall–Kier alpha value is -2.84. The molecule has 8 heteroatoms.